The lowest BCUT2D eigenvalue weighted by molar-refractivity contribution is 0.604. The predicted molar refractivity (Wildman–Crippen MR) is 65.2 cm³/mol. The summed E-state index contributed by atoms with van der Waals surface area (Å²) in [7, 11) is 0. The minimum Gasteiger partial charge on any atom is -0.266 e. The summed E-state index contributed by atoms with van der Waals surface area (Å²) in [4.78, 5) is 11.8. The number of hydrogen-bond donors (Lipinski definition) is 0. The molecule has 0 radical (unpaired) electrons. The number of hydrogen-bond acceptors (Lipinski definition) is 2. The molecular weight excluding hydrogens is 343 g/mol. The Morgan fingerprint density at radius 3 is 2.62 bits per heavy atom. The van der Waals surface area contributed by atoms with Crippen LogP contribution in [0.4, 0.5) is 4.39 Å². The standard InChI is InChI=1S/C10H5Br2FN2O/c11-6-5-14-15(10(16)9(6)12)8-4-2-1-3-7(8)13/h1-5H. The van der Waals surface area contributed by atoms with E-state index >= 15 is 0 Å². The molecule has 0 fully saturated rings. The summed E-state index contributed by atoms with van der Waals surface area (Å²) >= 11 is 6.26. The Kier molecular flexibility index (Phi) is 3.20. The first-order valence-corrected chi connectivity index (χ1v) is 5.88. The second-order valence-electron chi connectivity index (χ2n) is 2.97. The third-order valence-corrected chi connectivity index (χ3v) is 3.86. The molecule has 0 bridgehead atoms. The highest BCUT2D eigenvalue weighted by molar-refractivity contribution is 9.13. The predicted octanol–water partition coefficient (Wildman–Crippen LogP) is 2.90. The topological polar surface area (TPSA) is 34.9 Å². The van der Waals surface area contributed by atoms with E-state index in [0.717, 1.165) is 4.68 Å². The van der Waals surface area contributed by atoms with Crippen LogP contribution in [0.1, 0.15) is 0 Å². The van der Waals surface area contributed by atoms with E-state index in [1.807, 2.05) is 0 Å². The van der Waals surface area contributed by atoms with Crippen LogP contribution in [0.25, 0.3) is 5.69 Å². The molecule has 1 aromatic carbocycles. The Hall–Kier alpha value is -1.01. The van der Waals surface area contributed by atoms with Gasteiger partial charge in [0.1, 0.15) is 16.0 Å². The van der Waals surface area contributed by atoms with E-state index in [1.165, 1.54) is 18.3 Å². The number of nitrogens with zero attached hydrogens (tertiary/aromatic N) is 2. The number of rotatable bonds is 1. The van der Waals surface area contributed by atoms with Gasteiger partial charge in [-0.05, 0) is 44.0 Å². The fourth-order valence-electron chi connectivity index (χ4n) is 1.21. The SMILES string of the molecule is O=c1c(Br)c(Br)cnn1-c1ccccc1F. The summed E-state index contributed by atoms with van der Waals surface area (Å²) in [6.45, 7) is 0. The molecular formula is C10H5Br2FN2O. The van der Waals surface area contributed by atoms with Gasteiger partial charge >= 0.3 is 0 Å². The van der Waals surface area contributed by atoms with Gasteiger partial charge in [0.2, 0.25) is 0 Å². The molecule has 2 aromatic rings. The molecule has 82 valence electrons. The van der Waals surface area contributed by atoms with Crippen LogP contribution in [0.3, 0.4) is 0 Å². The van der Waals surface area contributed by atoms with E-state index in [1.54, 1.807) is 12.1 Å². The van der Waals surface area contributed by atoms with Crippen molar-refractivity contribution in [3.8, 4) is 5.69 Å². The van der Waals surface area contributed by atoms with Crippen molar-refractivity contribution in [3.63, 3.8) is 0 Å². The molecule has 6 heteroatoms. The molecule has 0 amide bonds. The van der Waals surface area contributed by atoms with Crippen LogP contribution in [0.2, 0.25) is 0 Å². The quantitative estimate of drug-likeness (QED) is 0.795. The Balaban J connectivity index is 2.72. The third-order valence-electron chi connectivity index (χ3n) is 1.96. The van der Waals surface area contributed by atoms with Crippen molar-refractivity contribution >= 4 is 31.9 Å². The van der Waals surface area contributed by atoms with Crippen molar-refractivity contribution < 1.29 is 4.39 Å². The van der Waals surface area contributed by atoms with Crippen molar-refractivity contribution in [2.75, 3.05) is 0 Å². The molecule has 0 spiro atoms. The van der Waals surface area contributed by atoms with Gasteiger partial charge in [0.05, 0.1) is 10.7 Å². The Labute approximate surface area is 107 Å². The Morgan fingerprint density at radius 1 is 1.25 bits per heavy atom. The first-order valence-electron chi connectivity index (χ1n) is 4.29. The van der Waals surface area contributed by atoms with Gasteiger partial charge in [-0.25, -0.2) is 4.39 Å². The maximum atomic E-state index is 13.5. The lowest BCUT2D eigenvalue weighted by Crippen LogP contribution is -2.22. The third kappa shape index (κ3) is 1.94. The summed E-state index contributed by atoms with van der Waals surface area (Å²) in [5.41, 5.74) is -0.292. The second-order valence-corrected chi connectivity index (χ2v) is 4.62. The summed E-state index contributed by atoms with van der Waals surface area (Å²) in [5, 5.41) is 3.86. The van der Waals surface area contributed by atoms with E-state index in [-0.39, 0.29) is 5.69 Å². The molecule has 0 saturated heterocycles. The molecule has 1 heterocycles. The fourth-order valence-corrected chi connectivity index (χ4v) is 1.74. The normalized spacial score (nSPS) is 10.4. The largest absolute Gasteiger partial charge is 0.287 e. The zero-order valence-electron chi connectivity index (χ0n) is 7.82. The molecule has 0 aliphatic carbocycles. The average molecular weight is 348 g/mol. The van der Waals surface area contributed by atoms with Gasteiger partial charge in [-0.1, -0.05) is 12.1 Å². The van der Waals surface area contributed by atoms with Crippen LogP contribution < -0.4 is 5.56 Å². The summed E-state index contributed by atoms with van der Waals surface area (Å²) in [5.74, 6) is -0.494. The van der Waals surface area contributed by atoms with E-state index in [2.05, 4.69) is 37.0 Å². The summed E-state index contributed by atoms with van der Waals surface area (Å²) in [6, 6.07) is 5.96. The first-order chi connectivity index (χ1) is 7.61. The van der Waals surface area contributed by atoms with Gasteiger partial charge in [-0.2, -0.15) is 9.78 Å². The summed E-state index contributed by atoms with van der Waals surface area (Å²) in [6.07, 6.45) is 1.43. The monoisotopic (exact) mass is 346 g/mol. The molecule has 0 N–H and O–H groups in total. The molecule has 0 atom stereocenters. The lowest BCUT2D eigenvalue weighted by atomic mass is 10.3. The zero-order chi connectivity index (χ0) is 11.7. The minimum absolute atomic E-state index is 0.126. The Bertz CT molecular complexity index is 598. The number of aromatic nitrogens is 2. The highest BCUT2D eigenvalue weighted by Crippen LogP contribution is 2.18. The molecule has 0 unspecified atom stereocenters. The van der Waals surface area contributed by atoms with Gasteiger partial charge in [-0.15, -0.1) is 0 Å². The van der Waals surface area contributed by atoms with Crippen molar-refractivity contribution in [1.82, 2.24) is 9.78 Å². The van der Waals surface area contributed by atoms with Crippen LogP contribution in [0.15, 0.2) is 44.2 Å². The van der Waals surface area contributed by atoms with Crippen LogP contribution in [-0.4, -0.2) is 9.78 Å². The molecule has 0 aliphatic heterocycles. The fraction of sp³-hybridized carbons (Fsp3) is 0. The first kappa shape index (κ1) is 11.5. The van der Waals surface area contributed by atoms with Crippen molar-refractivity contribution in [1.29, 1.82) is 0 Å². The minimum atomic E-state index is -0.494. The highest BCUT2D eigenvalue weighted by Gasteiger charge is 2.10. The van der Waals surface area contributed by atoms with Crippen LogP contribution >= 0.6 is 31.9 Å². The molecule has 1 aromatic heterocycles. The molecule has 3 nitrogen and oxygen atoms in total. The van der Waals surface area contributed by atoms with Crippen LogP contribution in [-0.2, 0) is 0 Å². The van der Waals surface area contributed by atoms with E-state index < -0.39 is 11.4 Å². The number of para-hydroxylation sites is 1. The lowest BCUT2D eigenvalue weighted by Gasteiger charge is -2.06. The van der Waals surface area contributed by atoms with Crippen molar-refractivity contribution in [2.45, 2.75) is 0 Å². The number of halogens is 3. The summed E-state index contributed by atoms with van der Waals surface area (Å²) < 4.78 is 15.3. The molecule has 16 heavy (non-hydrogen) atoms. The maximum Gasteiger partial charge on any atom is 0.287 e. The highest BCUT2D eigenvalue weighted by atomic mass is 79.9. The van der Waals surface area contributed by atoms with Gasteiger partial charge < -0.3 is 0 Å². The van der Waals surface area contributed by atoms with Gasteiger partial charge in [0, 0.05) is 0 Å². The van der Waals surface area contributed by atoms with E-state index in [4.69, 9.17) is 0 Å². The van der Waals surface area contributed by atoms with E-state index in [0.29, 0.717) is 8.95 Å². The Morgan fingerprint density at radius 2 is 1.94 bits per heavy atom. The average Bonchev–Trinajstić information content (AvgIpc) is 2.28. The second kappa shape index (κ2) is 4.47. The van der Waals surface area contributed by atoms with Gasteiger partial charge in [-0.3, -0.25) is 4.79 Å². The molecule has 0 saturated carbocycles. The molecule has 2 rings (SSSR count). The zero-order valence-corrected chi connectivity index (χ0v) is 11.0. The van der Waals surface area contributed by atoms with Gasteiger partial charge in [0.25, 0.3) is 5.56 Å². The number of benzene rings is 1. The molecule has 0 aliphatic rings. The van der Waals surface area contributed by atoms with E-state index in [9.17, 15) is 9.18 Å². The van der Waals surface area contributed by atoms with Crippen LogP contribution in [0.5, 0.6) is 0 Å². The van der Waals surface area contributed by atoms with Gasteiger partial charge in [0.15, 0.2) is 0 Å². The van der Waals surface area contributed by atoms with Crippen LogP contribution in [0, 0.1) is 5.82 Å². The smallest absolute Gasteiger partial charge is 0.266 e. The van der Waals surface area contributed by atoms with Crippen molar-refractivity contribution in [3.05, 3.63) is 55.6 Å². The maximum absolute atomic E-state index is 13.5. The van der Waals surface area contributed by atoms with Crippen molar-refractivity contribution in [2.24, 2.45) is 0 Å².